The van der Waals surface area contributed by atoms with Crippen LogP contribution in [0.25, 0.3) is 11.0 Å². The SMILES string of the molecule is CNC(=O)c1nonc1C.COCCc1ccc2nc(CC(C)OC(C)C(F)(F)F)[nH]c2c1.O=C1NCC(F)(F)CN1. The summed E-state index contributed by atoms with van der Waals surface area (Å²) >= 11 is 0. The molecule has 1 aromatic carbocycles. The largest absolute Gasteiger partial charge is 0.414 e. The number of ether oxygens (including phenoxy) is 2. The smallest absolute Gasteiger partial charge is 0.384 e. The van der Waals surface area contributed by atoms with E-state index in [0.29, 0.717) is 24.5 Å². The number of nitrogens with one attached hydrogen (secondary N) is 4. The fourth-order valence-electron chi connectivity index (χ4n) is 3.43. The molecule has 1 aliphatic heterocycles. The van der Waals surface area contributed by atoms with Crippen molar-refractivity contribution in [2.45, 2.75) is 57.9 Å². The summed E-state index contributed by atoms with van der Waals surface area (Å²) in [5, 5.41) is 13.2. The van der Waals surface area contributed by atoms with Crippen LogP contribution >= 0.6 is 0 Å². The molecular formula is C25H34F5N7O5. The van der Waals surface area contributed by atoms with Crippen molar-refractivity contribution in [2.75, 3.05) is 33.9 Å². The molecule has 0 spiro atoms. The Balaban J connectivity index is 0.000000265. The number of hydrogen-bond donors (Lipinski definition) is 4. The fourth-order valence-corrected chi connectivity index (χ4v) is 3.43. The summed E-state index contributed by atoms with van der Waals surface area (Å²) < 4.78 is 76.1. The maximum atomic E-state index is 12.5. The summed E-state index contributed by atoms with van der Waals surface area (Å²) in [4.78, 5) is 28.6. The van der Waals surface area contributed by atoms with Crippen LogP contribution in [0.1, 0.15) is 41.4 Å². The van der Waals surface area contributed by atoms with E-state index in [1.54, 1.807) is 21.0 Å². The van der Waals surface area contributed by atoms with Gasteiger partial charge in [-0.3, -0.25) is 4.79 Å². The number of carbonyl (C=O) groups is 2. The molecule has 3 amide bonds. The molecule has 17 heteroatoms. The number of methoxy groups -OCH3 is 1. The molecule has 12 nitrogen and oxygen atoms in total. The topological polar surface area (TPSA) is 156 Å². The van der Waals surface area contributed by atoms with E-state index in [0.717, 1.165) is 29.9 Å². The maximum absolute atomic E-state index is 12.5. The third kappa shape index (κ3) is 11.2. The van der Waals surface area contributed by atoms with Gasteiger partial charge >= 0.3 is 12.2 Å². The molecule has 2 aromatic heterocycles. The highest BCUT2D eigenvalue weighted by atomic mass is 19.4. The number of H-pyrrole nitrogens is 1. The number of urea groups is 1. The molecule has 3 aromatic rings. The standard InChI is InChI=1S/C16H21F3N2O2.C5H7N3O2.C4H6F2N2O/c1-10(23-11(2)16(17,18)19)8-15-20-13-5-4-12(6-7-22-3)9-14(13)21-15;1-3-4(5(9)6-2)8-10-7-3;5-4(6)1-7-3(9)8-2-4/h4-5,9-11H,6-8H2,1-3H3,(H,20,21);1-2H3,(H,6,9);1-2H2,(H2,7,8,9). The number of nitrogens with zero attached hydrogens (tertiary/aromatic N) is 3. The Labute approximate surface area is 238 Å². The van der Waals surface area contributed by atoms with Crippen LogP contribution in [0.4, 0.5) is 26.7 Å². The number of alkyl halides is 5. The van der Waals surface area contributed by atoms with E-state index in [4.69, 9.17) is 9.47 Å². The first-order chi connectivity index (χ1) is 19.6. The highest BCUT2D eigenvalue weighted by Gasteiger charge is 2.38. The monoisotopic (exact) mass is 607 g/mol. The first-order valence-corrected chi connectivity index (χ1v) is 12.7. The van der Waals surface area contributed by atoms with Crippen LogP contribution in [0.5, 0.6) is 0 Å². The van der Waals surface area contributed by atoms with Gasteiger partial charge in [0.15, 0.2) is 11.8 Å². The van der Waals surface area contributed by atoms with Crippen LogP contribution < -0.4 is 16.0 Å². The van der Waals surface area contributed by atoms with E-state index in [9.17, 15) is 31.5 Å². The molecule has 0 aliphatic carbocycles. The average Bonchev–Trinajstić information content (AvgIpc) is 3.53. The van der Waals surface area contributed by atoms with Crippen molar-refractivity contribution >= 4 is 23.0 Å². The molecule has 42 heavy (non-hydrogen) atoms. The van der Waals surface area contributed by atoms with Crippen LogP contribution in [0, 0.1) is 6.92 Å². The third-order valence-electron chi connectivity index (χ3n) is 5.68. The number of amides is 3. The van der Waals surface area contributed by atoms with E-state index >= 15 is 0 Å². The molecule has 4 rings (SSSR count). The Morgan fingerprint density at radius 2 is 1.86 bits per heavy atom. The van der Waals surface area contributed by atoms with E-state index in [-0.39, 0.29) is 11.6 Å². The Morgan fingerprint density at radius 1 is 1.19 bits per heavy atom. The van der Waals surface area contributed by atoms with E-state index < -0.39 is 43.4 Å². The third-order valence-corrected chi connectivity index (χ3v) is 5.68. The number of rotatable bonds is 8. The summed E-state index contributed by atoms with van der Waals surface area (Å²) in [7, 11) is 3.17. The first-order valence-electron chi connectivity index (χ1n) is 12.7. The van der Waals surface area contributed by atoms with Gasteiger partial charge in [0, 0.05) is 20.6 Å². The minimum Gasteiger partial charge on any atom is -0.384 e. The van der Waals surface area contributed by atoms with Gasteiger partial charge in [0.05, 0.1) is 36.8 Å². The molecule has 1 saturated heterocycles. The van der Waals surface area contributed by atoms with Crippen molar-refractivity contribution in [1.29, 1.82) is 0 Å². The summed E-state index contributed by atoms with van der Waals surface area (Å²) in [6, 6.07) is 5.32. The van der Waals surface area contributed by atoms with E-state index in [1.165, 1.54) is 7.05 Å². The van der Waals surface area contributed by atoms with E-state index in [2.05, 4.69) is 30.2 Å². The van der Waals surface area contributed by atoms with Crippen LogP contribution in [-0.2, 0) is 22.3 Å². The molecule has 0 bridgehead atoms. The number of imidazole rings is 1. The Hall–Kier alpha value is -3.86. The summed E-state index contributed by atoms with van der Waals surface area (Å²) in [5.41, 5.74) is 3.51. The summed E-state index contributed by atoms with van der Waals surface area (Å²) in [6.45, 7) is 3.79. The molecule has 0 saturated carbocycles. The van der Waals surface area contributed by atoms with Gasteiger partial charge in [-0.25, -0.2) is 23.2 Å². The number of benzene rings is 1. The average molecular weight is 608 g/mol. The lowest BCUT2D eigenvalue weighted by Crippen LogP contribution is -2.54. The van der Waals surface area contributed by atoms with Gasteiger partial charge in [0.2, 0.25) is 0 Å². The second-order valence-electron chi connectivity index (χ2n) is 9.28. The molecule has 1 aliphatic rings. The molecule has 3 heterocycles. The second-order valence-corrected chi connectivity index (χ2v) is 9.28. The Kier molecular flexibility index (Phi) is 12.6. The number of fused-ring (bicyclic) bond motifs is 1. The van der Waals surface area contributed by atoms with Crippen LogP contribution in [0.3, 0.4) is 0 Å². The van der Waals surface area contributed by atoms with E-state index in [1.807, 2.05) is 28.8 Å². The minimum absolute atomic E-state index is 0.238. The maximum Gasteiger partial charge on any atom is 0.414 e. The lowest BCUT2D eigenvalue weighted by molar-refractivity contribution is -0.224. The molecule has 234 valence electrons. The second kappa shape index (κ2) is 15.4. The van der Waals surface area contributed by atoms with Gasteiger partial charge in [-0.2, -0.15) is 13.2 Å². The number of aryl methyl sites for hydroxylation is 1. The molecule has 2 atom stereocenters. The summed E-state index contributed by atoms with van der Waals surface area (Å²) in [6.07, 6.45) is -5.63. The number of aromatic amines is 1. The van der Waals surface area contributed by atoms with Crippen molar-refractivity contribution < 1.29 is 45.6 Å². The Morgan fingerprint density at radius 3 is 2.38 bits per heavy atom. The highest BCUT2D eigenvalue weighted by Crippen LogP contribution is 2.24. The van der Waals surface area contributed by atoms with Gasteiger partial charge in [-0.15, -0.1) is 0 Å². The zero-order valence-corrected chi connectivity index (χ0v) is 23.7. The van der Waals surface area contributed by atoms with Gasteiger partial charge < -0.3 is 30.4 Å². The quantitative estimate of drug-likeness (QED) is 0.284. The van der Waals surface area contributed by atoms with Crippen molar-refractivity contribution in [3.63, 3.8) is 0 Å². The molecule has 2 unspecified atom stereocenters. The van der Waals surface area contributed by atoms with Gasteiger partial charge in [0.1, 0.15) is 11.5 Å². The van der Waals surface area contributed by atoms with Crippen LogP contribution in [-0.4, -0.2) is 90.4 Å². The van der Waals surface area contributed by atoms with Gasteiger partial charge in [-0.1, -0.05) is 11.2 Å². The molecular weight excluding hydrogens is 573 g/mol. The van der Waals surface area contributed by atoms with Gasteiger partial charge in [-0.05, 0) is 50.0 Å². The predicted molar refractivity (Wildman–Crippen MR) is 140 cm³/mol. The molecule has 4 N–H and O–H groups in total. The zero-order chi connectivity index (χ0) is 31.5. The minimum atomic E-state index is -4.35. The number of aromatic nitrogens is 4. The van der Waals surface area contributed by atoms with Crippen molar-refractivity contribution in [3.05, 3.63) is 41.0 Å². The normalized spacial score (nSPS) is 15.7. The van der Waals surface area contributed by atoms with Crippen molar-refractivity contribution in [2.24, 2.45) is 0 Å². The zero-order valence-electron chi connectivity index (χ0n) is 23.7. The highest BCUT2D eigenvalue weighted by molar-refractivity contribution is 5.92. The summed E-state index contributed by atoms with van der Waals surface area (Å²) in [5.74, 6) is -2.45. The first kappa shape index (κ1) is 34.3. The molecule has 0 radical (unpaired) electrons. The number of halogens is 5. The van der Waals surface area contributed by atoms with Crippen molar-refractivity contribution in [1.82, 2.24) is 36.2 Å². The van der Waals surface area contributed by atoms with Crippen LogP contribution in [0.15, 0.2) is 22.8 Å². The number of hydrogen-bond acceptors (Lipinski definition) is 8. The lowest BCUT2D eigenvalue weighted by atomic mass is 10.1. The van der Waals surface area contributed by atoms with Crippen molar-refractivity contribution in [3.8, 4) is 0 Å². The fraction of sp³-hybridized carbons (Fsp3) is 0.560. The Bertz CT molecular complexity index is 1290. The predicted octanol–water partition coefficient (Wildman–Crippen LogP) is 3.32. The van der Waals surface area contributed by atoms with Gasteiger partial charge in [0.25, 0.3) is 11.8 Å². The molecule has 1 fully saturated rings. The van der Waals surface area contributed by atoms with Crippen LogP contribution in [0.2, 0.25) is 0 Å². The lowest BCUT2D eigenvalue weighted by Gasteiger charge is -2.22. The number of carbonyl (C=O) groups excluding carboxylic acids is 2.